The molecule has 0 fully saturated rings. The smallest absolute Gasteiger partial charge is 0.224 e. The van der Waals surface area contributed by atoms with E-state index in [2.05, 4.69) is 29.4 Å². The number of rotatable bonds is 5. The summed E-state index contributed by atoms with van der Waals surface area (Å²) in [6, 6.07) is 13.9. The van der Waals surface area contributed by atoms with Crippen LogP contribution in [0.1, 0.15) is 29.9 Å². The molecule has 0 atom stereocenters. The molecule has 0 aliphatic carbocycles. The maximum Gasteiger partial charge on any atom is 0.224 e. The van der Waals surface area contributed by atoms with Gasteiger partial charge in [-0.05, 0) is 43.0 Å². The van der Waals surface area contributed by atoms with Crippen LogP contribution in [0.4, 0.5) is 5.69 Å². The zero-order chi connectivity index (χ0) is 16.2. The van der Waals surface area contributed by atoms with Gasteiger partial charge in [-0.25, -0.2) is 4.98 Å². The SMILES string of the molecule is Cc1nc2cccc(NC(=O)CCCc3ccccc3C)c2o1. The van der Waals surface area contributed by atoms with E-state index in [4.69, 9.17) is 4.42 Å². The van der Waals surface area contributed by atoms with E-state index in [0.29, 0.717) is 23.6 Å². The van der Waals surface area contributed by atoms with E-state index in [1.165, 1.54) is 11.1 Å². The number of nitrogens with one attached hydrogen (secondary N) is 1. The lowest BCUT2D eigenvalue weighted by atomic mass is 10.0. The summed E-state index contributed by atoms with van der Waals surface area (Å²) in [5.74, 6) is 0.599. The molecule has 118 valence electrons. The number of aromatic nitrogens is 1. The first-order valence-electron chi connectivity index (χ1n) is 7.84. The number of fused-ring (bicyclic) bond motifs is 1. The van der Waals surface area contributed by atoms with Crippen LogP contribution < -0.4 is 5.32 Å². The number of carbonyl (C=O) groups excluding carboxylic acids is 1. The molecule has 0 saturated heterocycles. The Kier molecular flexibility index (Phi) is 4.42. The summed E-state index contributed by atoms with van der Waals surface area (Å²) >= 11 is 0. The van der Waals surface area contributed by atoms with Crippen molar-refractivity contribution in [3.8, 4) is 0 Å². The number of oxazole rings is 1. The molecule has 3 aromatic rings. The van der Waals surface area contributed by atoms with Gasteiger partial charge < -0.3 is 9.73 Å². The van der Waals surface area contributed by atoms with Gasteiger partial charge in [0.25, 0.3) is 0 Å². The van der Waals surface area contributed by atoms with E-state index in [9.17, 15) is 4.79 Å². The fraction of sp³-hybridized carbons (Fsp3) is 0.263. The molecule has 1 aromatic heterocycles. The second-order valence-electron chi connectivity index (χ2n) is 5.71. The van der Waals surface area contributed by atoms with E-state index < -0.39 is 0 Å². The summed E-state index contributed by atoms with van der Waals surface area (Å²) in [5.41, 5.74) is 4.66. The molecule has 0 aliphatic heterocycles. The lowest BCUT2D eigenvalue weighted by Crippen LogP contribution is -2.11. The molecular formula is C19H20N2O2. The Morgan fingerprint density at radius 1 is 1.13 bits per heavy atom. The van der Waals surface area contributed by atoms with Gasteiger partial charge in [-0.1, -0.05) is 30.3 Å². The maximum atomic E-state index is 12.2. The van der Waals surface area contributed by atoms with E-state index >= 15 is 0 Å². The van der Waals surface area contributed by atoms with Gasteiger partial charge in [0.1, 0.15) is 5.52 Å². The van der Waals surface area contributed by atoms with Crippen LogP contribution in [-0.4, -0.2) is 10.9 Å². The number of nitrogens with zero attached hydrogens (tertiary/aromatic N) is 1. The Balaban J connectivity index is 1.60. The molecule has 0 radical (unpaired) electrons. The first-order chi connectivity index (χ1) is 11.1. The van der Waals surface area contributed by atoms with Crippen LogP contribution >= 0.6 is 0 Å². The van der Waals surface area contributed by atoms with Crippen LogP contribution in [0.5, 0.6) is 0 Å². The number of anilines is 1. The third kappa shape index (κ3) is 3.59. The Morgan fingerprint density at radius 3 is 2.78 bits per heavy atom. The van der Waals surface area contributed by atoms with Crippen molar-refractivity contribution in [1.82, 2.24) is 4.98 Å². The molecule has 1 heterocycles. The second kappa shape index (κ2) is 6.65. The minimum Gasteiger partial charge on any atom is -0.439 e. The summed E-state index contributed by atoms with van der Waals surface area (Å²) in [6.45, 7) is 3.90. The van der Waals surface area contributed by atoms with Crippen molar-refractivity contribution in [3.63, 3.8) is 0 Å². The molecule has 23 heavy (non-hydrogen) atoms. The Labute approximate surface area is 135 Å². The Bertz CT molecular complexity index is 836. The summed E-state index contributed by atoms with van der Waals surface area (Å²) in [5, 5.41) is 2.93. The van der Waals surface area contributed by atoms with E-state index in [1.54, 1.807) is 6.92 Å². The van der Waals surface area contributed by atoms with Crippen molar-refractivity contribution in [3.05, 3.63) is 59.5 Å². The van der Waals surface area contributed by atoms with Gasteiger partial charge in [0.15, 0.2) is 11.5 Å². The van der Waals surface area contributed by atoms with Crippen molar-refractivity contribution in [2.75, 3.05) is 5.32 Å². The molecule has 3 rings (SSSR count). The number of para-hydroxylation sites is 1. The van der Waals surface area contributed by atoms with Crippen molar-refractivity contribution in [1.29, 1.82) is 0 Å². The van der Waals surface area contributed by atoms with Gasteiger partial charge in [0, 0.05) is 13.3 Å². The minimum atomic E-state index is 0.000127. The maximum absolute atomic E-state index is 12.2. The number of aryl methyl sites for hydroxylation is 3. The van der Waals surface area contributed by atoms with Crippen molar-refractivity contribution >= 4 is 22.7 Å². The third-order valence-corrected chi connectivity index (χ3v) is 3.91. The van der Waals surface area contributed by atoms with Crippen molar-refractivity contribution in [2.24, 2.45) is 0 Å². The van der Waals surface area contributed by atoms with Crippen LogP contribution in [-0.2, 0) is 11.2 Å². The van der Waals surface area contributed by atoms with E-state index in [-0.39, 0.29) is 5.91 Å². The van der Waals surface area contributed by atoms with Gasteiger partial charge >= 0.3 is 0 Å². The third-order valence-electron chi connectivity index (χ3n) is 3.91. The minimum absolute atomic E-state index is 0.000127. The number of benzene rings is 2. The van der Waals surface area contributed by atoms with Crippen LogP contribution in [0.3, 0.4) is 0 Å². The van der Waals surface area contributed by atoms with Gasteiger partial charge in [-0.3, -0.25) is 4.79 Å². The fourth-order valence-electron chi connectivity index (χ4n) is 2.70. The van der Waals surface area contributed by atoms with Crippen LogP contribution in [0, 0.1) is 13.8 Å². The van der Waals surface area contributed by atoms with E-state index in [1.807, 2.05) is 30.3 Å². The van der Waals surface area contributed by atoms with Crippen LogP contribution in [0.25, 0.3) is 11.1 Å². The van der Waals surface area contributed by atoms with Gasteiger partial charge in [-0.2, -0.15) is 0 Å². The normalized spacial score (nSPS) is 10.9. The average Bonchev–Trinajstić information content (AvgIpc) is 2.91. The molecule has 0 unspecified atom stereocenters. The highest BCUT2D eigenvalue weighted by Crippen LogP contribution is 2.24. The molecule has 4 nitrogen and oxygen atoms in total. The number of amides is 1. The van der Waals surface area contributed by atoms with Gasteiger partial charge in [0.2, 0.25) is 5.91 Å². The molecular weight excluding hydrogens is 288 g/mol. The number of hydrogen-bond donors (Lipinski definition) is 1. The number of hydrogen-bond acceptors (Lipinski definition) is 3. The zero-order valence-corrected chi connectivity index (χ0v) is 13.4. The molecule has 2 aromatic carbocycles. The summed E-state index contributed by atoms with van der Waals surface area (Å²) < 4.78 is 5.56. The van der Waals surface area contributed by atoms with Gasteiger partial charge in [0.05, 0.1) is 5.69 Å². The average molecular weight is 308 g/mol. The first kappa shape index (κ1) is 15.3. The molecule has 1 amide bonds. The molecule has 0 bridgehead atoms. The Morgan fingerprint density at radius 2 is 1.96 bits per heavy atom. The highest BCUT2D eigenvalue weighted by molar-refractivity contribution is 5.98. The second-order valence-corrected chi connectivity index (χ2v) is 5.71. The molecule has 0 saturated carbocycles. The molecule has 1 N–H and O–H groups in total. The predicted molar refractivity (Wildman–Crippen MR) is 91.5 cm³/mol. The monoisotopic (exact) mass is 308 g/mol. The predicted octanol–water partition coefficient (Wildman–Crippen LogP) is 4.41. The zero-order valence-electron chi connectivity index (χ0n) is 13.4. The Hall–Kier alpha value is -2.62. The van der Waals surface area contributed by atoms with Crippen molar-refractivity contribution < 1.29 is 9.21 Å². The summed E-state index contributed by atoms with van der Waals surface area (Å²) in [6.07, 6.45) is 2.21. The van der Waals surface area contributed by atoms with E-state index in [0.717, 1.165) is 18.4 Å². The summed E-state index contributed by atoms with van der Waals surface area (Å²) in [7, 11) is 0. The fourth-order valence-corrected chi connectivity index (χ4v) is 2.70. The summed E-state index contributed by atoms with van der Waals surface area (Å²) in [4.78, 5) is 16.4. The van der Waals surface area contributed by atoms with Crippen LogP contribution in [0.2, 0.25) is 0 Å². The molecule has 0 spiro atoms. The lowest BCUT2D eigenvalue weighted by molar-refractivity contribution is -0.116. The topological polar surface area (TPSA) is 55.1 Å². The van der Waals surface area contributed by atoms with Crippen LogP contribution in [0.15, 0.2) is 46.9 Å². The quantitative estimate of drug-likeness (QED) is 0.759. The first-order valence-corrected chi connectivity index (χ1v) is 7.84. The van der Waals surface area contributed by atoms with Gasteiger partial charge in [-0.15, -0.1) is 0 Å². The number of carbonyl (C=O) groups is 1. The van der Waals surface area contributed by atoms with Crippen molar-refractivity contribution in [2.45, 2.75) is 33.1 Å². The standard InChI is InChI=1S/C19H20N2O2/c1-13-7-3-4-8-15(13)9-5-12-18(22)21-17-11-6-10-16-19(17)23-14(2)20-16/h3-4,6-8,10-11H,5,9,12H2,1-2H3,(H,21,22). The highest BCUT2D eigenvalue weighted by Gasteiger charge is 2.10. The largest absolute Gasteiger partial charge is 0.439 e. The molecule has 4 heteroatoms. The molecule has 0 aliphatic rings. The lowest BCUT2D eigenvalue weighted by Gasteiger charge is -2.07. The highest BCUT2D eigenvalue weighted by atomic mass is 16.3.